The van der Waals surface area contributed by atoms with E-state index in [0.29, 0.717) is 4.75 Å². The second-order valence-electron chi connectivity index (χ2n) is 4.67. The summed E-state index contributed by atoms with van der Waals surface area (Å²) in [5, 5.41) is 3.35. The first kappa shape index (κ1) is 12.7. The maximum Gasteiger partial charge on any atom is 0.214 e. The lowest BCUT2D eigenvalue weighted by Crippen LogP contribution is -2.35. The van der Waals surface area contributed by atoms with Crippen LogP contribution in [-0.4, -0.2) is 22.5 Å². The molecule has 1 N–H and O–H groups in total. The maximum atomic E-state index is 13.0. The Morgan fingerprint density at radius 1 is 1.41 bits per heavy atom. The molecule has 0 bridgehead atoms. The molecule has 1 aromatic heterocycles. The second-order valence-corrected chi connectivity index (χ2v) is 5.94. The van der Waals surface area contributed by atoms with Gasteiger partial charge in [0.05, 0.1) is 0 Å². The summed E-state index contributed by atoms with van der Waals surface area (Å²) in [6.07, 6.45) is 10.2. The molecule has 1 aromatic rings. The quantitative estimate of drug-likeness (QED) is 0.829. The van der Waals surface area contributed by atoms with Crippen LogP contribution in [0, 0.1) is 5.95 Å². The zero-order valence-corrected chi connectivity index (χ0v) is 11.0. The molecule has 4 heteroatoms. The van der Waals surface area contributed by atoms with Crippen LogP contribution in [-0.2, 0) is 0 Å². The summed E-state index contributed by atoms with van der Waals surface area (Å²) >= 11 is 1.94. The summed E-state index contributed by atoms with van der Waals surface area (Å²) in [6, 6.07) is 3.27. The number of nitrogens with zero attached hydrogens (tertiary/aromatic N) is 1. The molecule has 0 spiro atoms. The molecular formula is C13H19FN2S. The van der Waals surface area contributed by atoms with Gasteiger partial charge in [-0.1, -0.05) is 19.3 Å². The largest absolute Gasteiger partial charge is 0.383 e. The molecule has 0 amide bonds. The highest BCUT2D eigenvalue weighted by molar-refractivity contribution is 8.00. The Balaban J connectivity index is 1.95. The van der Waals surface area contributed by atoms with Crippen LogP contribution in [0.15, 0.2) is 18.3 Å². The average Bonchev–Trinajstić information content (AvgIpc) is 2.38. The van der Waals surface area contributed by atoms with Crippen molar-refractivity contribution >= 4 is 17.4 Å². The van der Waals surface area contributed by atoms with Crippen LogP contribution in [0.2, 0.25) is 0 Å². The summed E-state index contributed by atoms with van der Waals surface area (Å²) < 4.78 is 13.3. The molecular weight excluding hydrogens is 235 g/mol. The van der Waals surface area contributed by atoms with Crippen molar-refractivity contribution < 1.29 is 4.39 Å². The lowest BCUT2D eigenvalue weighted by molar-refractivity contribution is 0.411. The number of halogens is 1. The monoisotopic (exact) mass is 254 g/mol. The van der Waals surface area contributed by atoms with E-state index in [1.807, 2.05) is 17.8 Å². The van der Waals surface area contributed by atoms with Gasteiger partial charge >= 0.3 is 0 Å². The number of anilines is 1. The van der Waals surface area contributed by atoms with Gasteiger partial charge in [0.1, 0.15) is 0 Å². The van der Waals surface area contributed by atoms with Crippen molar-refractivity contribution in [1.82, 2.24) is 4.98 Å². The average molecular weight is 254 g/mol. The first-order valence-electron chi connectivity index (χ1n) is 6.15. The van der Waals surface area contributed by atoms with Gasteiger partial charge in [-0.05, 0) is 25.2 Å². The van der Waals surface area contributed by atoms with Crippen molar-refractivity contribution in [3.8, 4) is 0 Å². The minimum atomic E-state index is -0.420. The Kier molecular flexibility index (Phi) is 4.26. The van der Waals surface area contributed by atoms with E-state index in [9.17, 15) is 4.39 Å². The zero-order chi connectivity index (χ0) is 12.1. The predicted molar refractivity (Wildman–Crippen MR) is 72.0 cm³/mol. The molecule has 0 atom stereocenters. The molecule has 0 aliphatic heterocycles. The molecule has 1 fully saturated rings. The van der Waals surface area contributed by atoms with Crippen LogP contribution in [0.3, 0.4) is 0 Å². The molecule has 0 aromatic carbocycles. The number of rotatable bonds is 4. The fraction of sp³-hybridized carbons (Fsp3) is 0.615. The van der Waals surface area contributed by atoms with Crippen LogP contribution >= 0.6 is 11.8 Å². The summed E-state index contributed by atoms with van der Waals surface area (Å²) in [5.74, 6) is -0.420. The Morgan fingerprint density at radius 2 is 2.18 bits per heavy atom. The number of hydrogen-bond acceptors (Lipinski definition) is 3. The van der Waals surface area contributed by atoms with Crippen LogP contribution in [0.4, 0.5) is 10.1 Å². The van der Waals surface area contributed by atoms with Gasteiger partial charge < -0.3 is 5.32 Å². The van der Waals surface area contributed by atoms with E-state index in [1.54, 1.807) is 0 Å². The predicted octanol–water partition coefficient (Wildman–Crippen LogP) is 3.70. The number of nitrogens with one attached hydrogen (secondary N) is 1. The maximum absolute atomic E-state index is 13.0. The third-order valence-corrected chi connectivity index (χ3v) is 4.96. The second kappa shape index (κ2) is 5.71. The van der Waals surface area contributed by atoms with Crippen molar-refractivity contribution in [3.63, 3.8) is 0 Å². The molecule has 0 unspecified atom stereocenters. The van der Waals surface area contributed by atoms with Gasteiger partial charge in [-0.25, -0.2) is 4.98 Å². The summed E-state index contributed by atoms with van der Waals surface area (Å²) in [6.45, 7) is 0.914. The molecule has 0 saturated heterocycles. The van der Waals surface area contributed by atoms with E-state index in [2.05, 4.69) is 16.6 Å². The van der Waals surface area contributed by atoms with Gasteiger partial charge in [0.25, 0.3) is 0 Å². The molecule has 17 heavy (non-hydrogen) atoms. The highest BCUT2D eigenvalue weighted by Crippen LogP contribution is 2.38. The first-order valence-corrected chi connectivity index (χ1v) is 7.37. The highest BCUT2D eigenvalue weighted by atomic mass is 32.2. The van der Waals surface area contributed by atoms with E-state index in [-0.39, 0.29) is 0 Å². The minimum Gasteiger partial charge on any atom is -0.383 e. The molecule has 94 valence electrons. The van der Waals surface area contributed by atoms with Crippen LogP contribution < -0.4 is 5.32 Å². The van der Waals surface area contributed by atoms with Crippen molar-refractivity contribution in [2.75, 3.05) is 18.1 Å². The van der Waals surface area contributed by atoms with Gasteiger partial charge in [-0.15, -0.1) is 0 Å². The smallest absolute Gasteiger partial charge is 0.214 e. The van der Waals surface area contributed by atoms with Crippen molar-refractivity contribution in [3.05, 3.63) is 24.3 Å². The van der Waals surface area contributed by atoms with E-state index in [0.717, 1.165) is 12.2 Å². The molecule has 1 saturated carbocycles. The lowest BCUT2D eigenvalue weighted by atomic mass is 9.88. The summed E-state index contributed by atoms with van der Waals surface area (Å²) in [5.41, 5.74) is 0.830. The minimum absolute atomic E-state index is 0.331. The Morgan fingerprint density at radius 3 is 2.82 bits per heavy atom. The highest BCUT2D eigenvalue weighted by Gasteiger charge is 2.30. The van der Waals surface area contributed by atoms with Crippen molar-refractivity contribution in [2.45, 2.75) is 36.9 Å². The van der Waals surface area contributed by atoms with Gasteiger partial charge in [0, 0.05) is 29.2 Å². The molecule has 1 aliphatic rings. The van der Waals surface area contributed by atoms with E-state index in [4.69, 9.17) is 0 Å². The van der Waals surface area contributed by atoms with Crippen LogP contribution in [0.1, 0.15) is 32.1 Å². The molecule has 2 rings (SSSR count). The molecule has 0 radical (unpaired) electrons. The Bertz CT molecular complexity index is 364. The SMILES string of the molecule is CSC1(CNc2ccnc(F)c2)CCCCC1. The summed E-state index contributed by atoms with van der Waals surface area (Å²) in [7, 11) is 0. The standard InChI is InChI=1S/C13H19FN2S/c1-17-13(6-3-2-4-7-13)10-16-11-5-8-15-12(14)9-11/h5,8-9H,2-4,6-7,10H2,1H3,(H,15,16). The van der Waals surface area contributed by atoms with Crippen molar-refractivity contribution in [2.24, 2.45) is 0 Å². The Labute approximate surface area is 106 Å². The summed E-state index contributed by atoms with van der Waals surface area (Å²) in [4.78, 5) is 3.56. The van der Waals surface area contributed by atoms with Gasteiger partial charge in [0.15, 0.2) is 0 Å². The van der Waals surface area contributed by atoms with Gasteiger partial charge in [-0.3, -0.25) is 0 Å². The van der Waals surface area contributed by atoms with E-state index < -0.39 is 5.95 Å². The number of pyridine rings is 1. The number of hydrogen-bond donors (Lipinski definition) is 1. The fourth-order valence-corrected chi connectivity index (χ4v) is 3.34. The normalized spacial score (nSPS) is 18.9. The lowest BCUT2D eigenvalue weighted by Gasteiger charge is -2.36. The third-order valence-electron chi connectivity index (χ3n) is 3.54. The van der Waals surface area contributed by atoms with Gasteiger partial charge in [0.2, 0.25) is 5.95 Å². The Hall–Kier alpha value is -0.770. The van der Waals surface area contributed by atoms with Crippen LogP contribution in [0.5, 0.6) is 0 Å². The number of aromatic nitrogens is 1. The molecule has 1 aliphatic carbocycles. The fourth-order valence-electron chi connectivity index (χ4n) is 2.42. The topological polar surface area (TPSA) is 24.9 Å². The number of thioether (sulfide) groups is 1. The molecule has 1 heterocycles. The van der Waals surface area contributed by atoms with Crippen molar-refractivity contribution in [1.29, 1.82) is 0 Å². The molecule has 2 nitrogen and oxygen atoms in total. The zero-order valence-electron chi connectivity index (χ0n) is 10.2. The van der Waals surface area contributed by atoms with E-state index >= 15 is 0 Å². The third kappa shape index (κ3) is 3.35. The van der Waals surface area contributed by atoms with E-state index in [1.165, 1.54) is 44.4 Å². The van der Waals surface area contributed by atoms with Gasteiger partial charge in [-0.2, -0.15) is 16.2 Å². The first-order chi connectivity index (χ1) is 8.24. The van der Waals surface area contributed by atoms with Crippen LogP contribution in [0.25, 0.3) is 0 Å².